The monoisotopic (exact) mass is 463 g/mol. The van der Waals surface area contributed by atoms with Gasteiger partial charge in [-0.05, 0) is 48.2 Å². The largest absolute Gasteiger partial charge is 0.389 e. The normalized spacial score (nSPS) is 20.7. The van der Waals surface area contributed by atoms with Crippen molar-refractivity contribution in [3.8, 4) is 0 Å². The highest BCUT2D eigenvalue weighted by molar-refractivity contribution is 6.30. The van der Waals surface area contributed by atoms with Crippen LogP contribution in [-0.4, -0.2) is 58.2 Å². The fraction of sp³-hybridized carbons (Fsp3) is 0.464. The third-order valence-corrected chi connectivity index (χ3v) is 7.89. The molecule has 1 atom stereocenters. The van der Waals surface area contributed by atoms with Gasteiger partial charge in [0.15, 0.2) is 0 Å². The average molecular weight is 464 g/mol. The number of nitrogens with zero attached hydrogens (tertiary/aromatic N) is 3. The van der Waals surface area contributed by atoms with Gasteiger partial charge in [0.25, 0.3) is 0 Å². The highest BCUT2D eigenvalue weighted by Crippen LogP contribution is 2.41. The van der Waals surface area contributed by atoms with E-state index < -0.39 is 5.60 Å². The van der Waals surface area contributed by atoms with E-state index >= 15 is 0 Å². The van der Waals surface area contributed by atoms with Crippen molar-refractivity contribution in [1.29, 1.82) is 0 Å². The van der Waals surface area contributed by atoms with Gasteiger partial charge in [0.1, 0.15) is 0 Å². The second-order valence-electron chi connectivity index (χ2n) is 9.84. The van der Waals surface area contributed by atoms with Crippen molar-refractivity contribution in [1.82, 2.24) is 14.8 Å². The van der Waals surface area contributed by atoms with Gasteiger partial charge in [0, 0.05) is 61.8 Å². The highest BCUT2D eigenvalue weighted by atomic mass is 35.5. The first-order valence-electron chi connectivity index (χ1n) is 12.4. The molecule has 1 unspecified atom stereocenters. The predicted octanol–water partition coefficient (Wildman–Crippen LogP) is 5.48. The van der Waals surface area contributed by atoms with Gasteiger partial charge in [-0.25, -0.2) is 0 Å². The van der Waals surface area contributed by atoms with Crippen molar-refractivity contribution in [2.24, 2.45) is 0 Å². The van der Waals surface area contributed by atoms with Gasteiger partial charge in [-0.3, -0.25) is 9.88 Å². The molecular formula is C28H34ClN3O. The minimum absolute atomic E-state index is 0.104. The van der Waals surface area contributed by atoms with Crippen LogP contribution in [0.4, 0.5) is 0 Å². The summed E-state index contributed by atoms with van der Waals surface area (Å²) in [7, 11) is 0. The maximum absolute atomic E-state index is 11.7. The second kappa shape index (κ2) is 10.1. The summed E-state index contributed by atoms with van der Waals surface area (Å²) in [5.41, 5.74) is 2.97. The summed E-state index contributed by atoms with van der Waals surface area (Å²) in [4.78, 5) is 9.59. The smallest absolute Gasteiger partial charge is 0.0728 e. The summed E-state index contributed by atoms with van der Waals surface area (Å²) in [6.45, 7) is 5.97. The van der Waals surface area contributed by atoms with Crippen molar-refractivity contribution in [2.45, 2.75) is 50.2 Å². The Bertz CT molecular complexity index is 1070. The molecule has 0 amide bonds. The third-order valence-electron chi connectivity index (χ3n) is 7.66. The van der Waals surface area contributed by atoms with Gasteiger partial charge in [0.05, 0.1) is 11.1 Å². The summed E-state index contributed by atoms with van der Waals surface area (Å²) in [6.07, 6.45) is 7.16. The van der Waals surface area contributed by atoms with Crippen molar-refractivity contribution in [3.05, 3.63) is 76.9 Å². The van der Waals surface area contributed by atoms with Crippen LogP contribution in [0.25, 0.3) is 10.9 Å². The van der Waals surface area contributed by atoms with Crippen LogP contribution in [0.15, 0.2) is 60.8 Å². The Morgan fingerprint density at radius 1 is 0.909 bits per heavy atom. The van der Waals surface area contributed by atoms with Crippen molar-refractivity contribution >= 4 is 22.5 Å². The number of hydrogen-bond donors (Lipinski definition) is 1. The molecule has 1 aliphatic carbocycles. The molecule has 0 spiro atoms. The number of aliphatic hydroxyl groups is 1. The van der Waals surface area contributed by atoms with E-state index in [4.69, 9.17) is 11.6 Å². The zero-order valence-corrected chi connectivity index (χ0v) is 20.1. The van der Waals surface area contributed by atoms with E-state index in [-0.39, 0.29) is 5.92 Å². The Hall–Kier alpha value is -1.98. The van der Waals surface area contributed by atoms with Crippen LogP contribution in [0.1, 0.15) is 49.1 Å². The van der Waals surface area contributed by atoms with E-state index in [1.165, 1.54) is 22.9 Å². The summed E-state index contributed by atoms with van der Waals surface area (Å²) < 4.78 is 0. The molecule has 0 radical (unpaired) electrons. The van der Waals surface area contributed by atoms with Gasteiger partial charge < -0.3 is 10.0 Å². The summed E-state index contributed by atoms with van der Waals surface area (Å²) >= 11 is 6.35. The molecular weight excluding hydrogens is 430 g/mol. The SMILES string of the molecule is OC1(C(CN2CCN(Cc3ccnc4ccccc34)CC2)c2cccc(Cl)c2)CCCCC1. The Balaban J connectivity index is 1.26. The Kier molecular flexibility index (Phi) is 6.98. The molecule has 2 fully saturated rings. The van der Waals surface area contributed by atoms with E-state index in [0.717, 1.165) is 75.5 Å². The number of halogens is 1. The lowest BCUT2D eigenvalue weighted by Gasteiger charge is -2.43. The molecule has 1 N–H and O–H groups in total. The van der Waals surface area contributed by atoms with Crippen LogP contribution >= 0.6 is 11.6 Å². The van der Waals surface area contributed by atoms with Crippen molar-refractivity contribution < 1.29 is 5.11 Å². The molecule has 174 valence electrons. The zero-order chi connectivity index (χ0) is 22.7. The van der Waals surface area contributed by atoms with Crippen LogP contribution in [0.5, 0.6) is 0 Å². The maximum Gasteiger partial charge on any atom is 0.0728 e. The lowest BCUT2D eigenvalue weighted by Crippen LogP contribution is -2.50. The first-order valence-corrected chi connectivity index (χ1v) is 12.7. The number of benzene rings is 2. The van der Waals surface area contributed by atoms with E-state index in [9.17, 15) is 5.11 Å². The Morgan fingerprint density at radius 2 is 1.67 bits per heavy atom. The van der Waals surface area contributed by atoms with Gasteiger partial charge in [-0.2, -0.15) is 0 Å². The van der Waals surface area contributed by atoms with E-state index in [2.05, 4.69) is 57.2 Å². The molecule has 0 bridgehead atoms. The van der Waals surface area contributed by atoms with Gasteiger partial charge in [-0.15, -0.1) is 0 Å². The van der Waals surface area contributed by atoms with E-state index in [1.807, 2.05) is 18.3 Å². The van der Waals surface area contributed by atoms with Gasteiger partial charge in [-0.1, -0.05) is 61.2 Å². The molecule has 1 saturated heterocycles. The van der Waals surface area contributed by atoms with Crippen LogP contribution < -0.4 is 0 Å². The number of piperazine rings is 1. The quantitative estimate of drug-likeness (QED) is 0.525. The molecule has 2 heterocycles. The highest BCUT2D eigenvalue weighted by Gasteiger charge is 2.40. The van der Waals surface area contributed by atoms with Gasteiger partial charge >= 0.3 is 0 Å². The first kappa shape index (κ1) is 22.8. The minimum atomic E-state index is -0.629. The minimum Gasteiger partial charge on any atom is -0.389 e. The zero-order valence-electron chi connectivity index (χ0n) is 19.3. The maximum atomic E-state index is 11.7. The van der Waals surface area contributed by atoms with Crippen LogP contribution in [-0.2, 0) is 6.54 Å². The molecule has 1 saturated carbocycles. The van der Waals surface area contributed by atoms with Crippen LogP contribution in [0.2, 0.25) is 5.02 Å². The van der Waals surface area contributed by atoms with Crippen molar-refractivity contribution in [3.63, 3.8) is 0 Å². The molecule has 2 aromatic carbocycles. The molecule has 3 aromatic rings. The second-order valence-corrected chi connectivity index (χ2v) is 10.3. The number of rotatable bonds is 6. The van der Waals surface area contributed by atoms with E-state index in [1.54, 1.807) is 0 Å². The standard InChI is InChI=1S/C28H34ClN3O/c29-24-8-6-7-22(19-24)26(28(33)12-4-1-5-13-28)21-32-17-15-31(16-18-32)20-23-11-14-30-27-10-3-2-9-25(23)27/h2-3,6-11,14,19,26,33H,1,4-5,12-13,15-18,20-21H2. The van der Waals surface area contributed by atoms with Gasteiger partial charge in [0.2, 0.25) is 0 Å². The third kappa shape index (κ3) is 5.25. The first-order chi connectivity index (χ1) is 16.1. The summed E-state index contributed by atoms with van der Waals surface area (Å²) in [6, 6.07) is 18.7. The Labute approximate surface area is 202 Å². The molecule has 1 aliphatic heterocycles. The fourth-order valence-electron chi connectivity index (χ4n) is 5.74. The molecule has 1 aromatic heterocycles. The number of para-hydroxylation sites is 1. The average Bonchev–Trinajstić information content (AvgIpc) is 2.84. The van der Waals surface area contributed by atoms with Crippen LogP contribution in [0.3, 0.4) is 0 Å². The summed E-state index contributed by atoms with van der Waals surface area (Å²) in [5, 5.41) is 13.7. The predicted molar refractivity (Wildman–Crippen MR) is 136 cm³/mol. The number of hydrogen-bond acceptors (Lipinski definition) is 4. The lowest BCUT2D eigenvalue weighted by atomic mass is 9.72. The number of fused-ring (bicyclic) bond motifs is 1. The molecule has 2 aliphatic rings. The number of aromatic nitrogens is 1. The number of pyridine rings is 1. The molecule has 5 rings (SSSR count). The Morgan fingerprint density at radius 3 is 2.45 bits per heavy atom. The molecule has 4 nitrogen and oxygen atoms in total. The summed E-state index contributed by atoms with van der Waals surface area (Å²) in [5.74, 6) is 0.104. The fourth-order valence-corrected chi connectivity index (χ4v) is 5.94. The van der Waals surface area contributed by atoms with Crippen LogP contribution in [0, 0.1) is 0 Å². The van der Waals surface area contributed by atoms with E-state index in [0.29, 0.717) is 0 Å². The van der Waals surface area contributed by atoms with Crippen molar-refractivity contribution in [2.75, 3.05) is 32.7 Å². The molecule has 33 heavy (non-hydrogen) atoms. The molecule has 5 heteroatoms. The topological polar surface area (TPSA) is 39.6 Å². The lowest BCUT2D eigenvalue weighted by molar-refractivity contribution is -0.0344.